The summed E-state index contributed by atoms with van der Waals surface area (Å²) in [6, 6.07) is 6.23. The Labute approximate surface area is 102 Å². The normalized spacial score (nSPS) is 8.93. The largest absolute Gasteiger partial charge is 0.377 e. The van der Waals surface area contributed by atoms with Crippen LogP contribution in [0.4, 0.5) is 5.69 Å². The van der Waals surface area contributed by atoms with Crippen molar-refractivity contribution < 1.29 is 0 Å². The Morgan fingerprint density at radius 2 is 1.80 bits per heavy atom. The van der Waals surface area contributed by atoms with Crippen LogP contribution in [-0.2, 0) is 0 Å². The lowest BCUT2D eigenvalue weighted by atomic mass is 10.1. The molecule has 0 atom stereocenters. The summed E-state index contributed by atoms with van der Waals surface area (Å²) in [4.78, 5) is 2.09. The maximum Gasteiger partial charge on any atom is 0.0437 e. The lowest BCUT2D eigenvalue weighted by Gasteiger charge is -2.17. The van der Waals surface area contributed by atoms with Crippen molar-refractivity contribution in [2.75, 3.05) is 19.0 Å². The predicted octanol–water partition coefficient (Wildman–Crippen LogP) is 4.57. The number of hydrogen-bond acceptors (Lipinski definition) is 1. The topological polar surface area (TPSA) is 3.24 Å². The monoisotopic (exact) mass is 269 g/mol. The Bertz CT molecular complexity index is 329. The number of benzene rings is 1. The fraction of sp³-hybridized carbons (Fsp3) is 0.385. The Morgan fingerprint density at radius 3 is 2.20 bits per heavy atom. The van der Waals surface area contributed by atoms with Crippen LogP contribution in [0, 0.1) is 0 Å². The summed E-state index contributed by atoms with van der Waals surface area (Å²) in [5.41, 5.74) is 3.49. The first-order valence-electron chi connectivity index (χ1n) is 5.15. The van der Waals surface area contributed by atoms with Crippen molar-refractivity contribution in [3.63, 3.8) is 0 Å². The van der Waals surface area contributed by atoms with Crippen LogP contribution >= 0.6 is 15.9 Å². The van der Waals surface area contributed by atoms with Gasteiger partial charge in [0, 0.05) is 29.8 Å². The molecule has 0 spiro atoms. The fourth-order valence-electron chi connectivity index (χ4n) is 1.24. The standard InChI is InChI=1S/C11H14BrN.C2H6/c1-8(2)10-7-9(12)5-6-11(10)13(3)4;1-2/h5-7H,1H2,2-4H3;1-2H3. The summed E-state index contributed by atoms with van der Waals surface area (Å²) in [5.74, 6) is 0. The van der Waals surface area contributed by atoms with E-state index in [9.17, 15) is 0 Å². The lowest BCUT2D eigenvalue weighted by molar-refractivity contribution is 1.12. The van der Waals surface area contributed by atoms with Gasteiger partial charge < -0.3 is 4.90 Å². The van der Waals surface area contributed by atoms with E-state index < -0.39 is 0 Å². The van der Waals surface area contributed by atoms with E-state index in [-0.39, 0.29) is 0 Å². The van der Waals surface area contributed by atoms with Crippen LogP contribution in [0.15, 0.2) is 29.3 Å². The van der Waals surface area contributed by atoms with Crippen molar-refractivity contribution in [2.45, 2.75) is 20.8 Å². The third-order valence-electron chi connectivity index (χ3n) is 1.90. The van der Waals surface area contributed by atoms with Gasteiger partial charge in [0.05, 0.1) is 0 Å². The van der Waals surface area contributed by atoms with Gasteiger partial charge in [0.15, 0.2) is 0 Å². The van der Waals surface area contributed by atoms with Crippen LogP contribution in [0.1, 0.15) is 26.3 Å². The van der Waals surface area contributed by atoms with Crippen LogP contribution in [-0.4, -0.2) is 14.1 Å². The summed E-state index contributed by atoms with van der Waals surface area (Å²) in [6.07, 6.45) is 0. The van der Waals surface area contributed by atoms with Gasteiger partial charge in [0.2, 0.25) is 0 Å². The van der Waals surface area contributed by atoms with E-state index >= 15 is 0 Å². The van der Waals surface area contributed by atoms with Crippen molar-refractivity contribution in [1.29, 1.82) is 0 Å². The summed E-state index contributed by atoms with van der Waals surface area (Å²) >= 11 is 3.45. The van der Waals surface area contributed by atoms with Crippen LogP contribution < -0.4 is 4.90 Å². The highest BCUT2D eigenvalue weighted by Crippen LogP contribution is 2.27. The molecule has 0 saturated carbocycles. The van der Waals surface area contributed by atoms with Crippen molar-refractivity contribution in [3.05, 3.63) is 34.8 Å². The highest BCUT2D eigenvalue weighted by molar-refractivity contribution is 9.10. The maximum absolute atomic E-state index is 3.96. The minimum Gasteiger partial charge on any atom is -0.377 e. The van der Waals surface area contributed by atoms with Gasteiger partial charge in [-0.1, -0.05) is 36.4 Å². The van der Waals surface area contributed by atoms with Gasteiger partial charge in [-0.3, -0.25) is 0 Å². The summed E-state index contributed by atoms with van der Waals surface area (Å²) in [6.45, 7) is 9.98. The molecule has 0 aromatic heterocycles. The number of halogens is 1. The van der Waals surface area contributed by atoms with Gasteiger partial charge in [-0.15, -0.1) is 0 Å². The van der Waals surface area contributed by atoms with Gasteiger partial charge in [-0.05, 0) is 30.7 Å². The molecule has 0 amide bonds. The smallest absolute Gasteiger partial charge is 0.0437 e. The van der Waals surface area contributed by atoms with Crippen LogP contribution in [0.25, 0.3) is 5.57 Å². The second-order valence-electron chi connectivity index (χ2n) is 3.34. The minimum atomic E-state index is 1.09. The molecule has 0 saturated heterocycles. The van der Waals surface area contributed by atoms with E-state index in [1.807, 2.05) is 40.9 Å². The Kier molecular flexibility index (Phi) is 6.34. The summed E-state index contributed by atoms with van der Waals surface area (Å²) in [7, 11) is 4.07. The number of hydrogen-bond donors (Lipinski definition) is 0. The molecule has 0 radical (unpaired) electrons. The Hall–Kier alpha value is -0.760. The van der Waals surface area contributed by atoms with Crippen molar-refractivity contribution in [1.82, 2.24) is 0 Å². The number of rotatable bonds is 2. The molecule has 0 aliphatic rings. The molecule has 0 unspecified atom stereocenters. The molecule has 2 heteroatoms. The Morgan fingerprint density at radius 1 is 1.27 bits per heavy atom. The van der Waals surface area contributed by atoms with Gasteiger partial charge in [0.25, 0.3) is 0 Å². The number of nitrogens with zero attached hydrogens (tertiary/aromatic N) is 1. The average molecular weight is 270 g/mol. The second-order valence-corrected chi connectivity index (χ2v) is 4.25. The van der Waals surface area contributed by atoms with E-state index in [1.165, 1.54) is 11.3 Å². The average Bonchev–Trinajstić information content (AvgIpc) is 2.20. The molecular weight excluding hydrogens is 250 g/mol. The first kappa shape index (κ1) is 14.2. The zero-order chi connectivity index (χ0) is 12.0. The van der Waals surface area contributed by atoms with E-state index in [4.69, 9.17) is 0 Å². The Balaban J connectivity index is 0.000000921. The van der Waals surface area contributed by atoms with E-state index in [0.717, 1.165) is 10.0 Å². The molecule has 0 N–H and O–H groups in total. The second kappa shape index (κ2) is 6.67. The lowest BCUT2D eigenvalue weighted by Crippen LogP contribution is -2.10. The molecule has 0 aliphatic heterocycles. The molecule has 0 bridgehead atoms. The third kappa shape index (κ3) is 4.08. The van der Waals surface area contributed by atoms with Crippen molar-refractivity contribution >= 4 is 27.2 Å². The first-order chi connectivity index (χ1) is 7.02. The highest BCUT2D eigenvalue weighted by Gasteiger charge is 2.04. The van der Waals surface area contributed by atoms with Gasteiger partial charge in [-0.2, -0.15) is 0 Å². The van der Waals surface area contributed by atoms with Crippen LogP contribution in [0.3, 0.4) is 0 Å². The van der Waals surface area contributed by atoms with Crippen LogP contribution in [0.5, 0.6) is 0 Å². The maximum atomic E-state index is 3.96. The molecule has 1 aromatic rings. The first-order valence-corrected chi connectivity index (χ1v) is 5.94. The zero-order valence-corrected chi connectivity index (χ0v) is 11.9. The molecule has 1 rings (SSSR count). The number of allylic oxidation sites excluding steroid dienone is 1. The fourth-order valence-corrected chi connectivity index (χ4v) is 1.60. The quantitative estimate of drug-likeness (QED) is 0.760. The van der Waals surface area contributed by atoms with E-state index in [1.54, 1.807) is 0 Å². The molecule has 1 aromatic carbocycles. The molecule has 15 heavy (non-hydrogen) atoms. The molecule has 0 fully saturated rings. The van der Waals surface area contributed by atoms with Crippen molar-refractivity contribution in [2.24, 2.45) is 0 Å². The van der Waals surface area contributed by atoms with Gasteiger partial charge >= 0.3 is 0 Å². The van der Waals surface area contributed by atoms with Gasteiger partial charge in [0.1, 0.15) is 0 Å². The SMILES string of the molecule is C=C(C)c1cc(Br)ccc1N(C)C.CC. The summed E-state index contributed by atoms with van der Waals surface area (Å²) < 4.78 is 1.09. The molecule has 1 nitrogen and oxygen atoms in total. The minimum absolute atomic E-state index is 1.09. The third-order valence-corrected chi connectivity index (χ3v) is 2.39. The van der Waals surface area contributed by atoms with Crippen LogP contribution in [0.2, 0.25) is 0 Å². The number of anilines is 1. The van der Waals surface area contributed by atoms with E-state index in [2.05, 4.69) is 39.5 Å². The van der Waals surface area contributed by atoms with Crippen molar-refractivity contribution in [3.8, 4) is 0 Å². The molecule has 0 heterocycles. The predicted molar refractivity (Wildman–Crippen MR) is 74.5 cm³/mol. The zero-order valence-electron chi connectivity index (χ0n) is 10.3. The highest BCUT2D eigenvalue weighted by atomic mass is 79.9. The van der Waals surface area contributed by atoms with E-state index in [0.29, 0.717) is 0 Å². The van der Waals surface area contributed by atoms with Gasteiger partial charge in [-0.25, -0.2) is 0 Å². The molecule has 84 valence electrons. The summed E-state index contributed by atoms with van der Waals surface area (Å²) in [5, 5.41) is 0. The molecular formula is C13H20BrN. The molecule has 0 aliphatic carbocycles.